The molecule has 0 aliphatic heterocycles. The minimum atomic E-state index is -4.32. The number of benzene rings is 2. The first-order valence-corrected chi connectivity index (χ1v) is 7.73. The number of nitrogens with one attached hydrogen (secondary N) is 2. The van der Waals surface area contributed by atoms with E-state index in [-0.39, 0.29) is 5.82 Å². The molecule has 0 heterocycles. The van der Waals surface area contributed by atoms with Crippen molar-refractivity contribution in [2.45, 2.75) is 19.1 Å². The SMILES string of the molecule is CN=C(NCCc1ccc(C(F)(F)F)cc1)NCc1ccc(F)cc1. The molecule has 0 radical (unpaired) electrons. The Morgan fingerprint density at radius 2 is 1.52 bits per heavy atom. The second kappa shape index (κ2) is 8.50. The van der Waals surface area contributed by atoms with Crippen molar-refractivity contribution in [2.24, 2.45) is 4.99 Å². The van der Waals surface area contributed by atoms with Gasteiger partial charge in [-0.2, -0.15) is 13.2 Å². The molecule has 0 unspecified atom stereocenters. The number of hydrogen-bond donors (Lipinski definition) is 2. The maximum atomic E-state index is 12.9. The summed E-state index contributed by atoms with van der Waals surface area (Å²) in [6.45, 7) is 1.01. The number of nitrogens with zero attached hydrogens (tertiary/aromatic N) is 1. The lowest BCUT2D eigenvalue weighted by atomic mass is 10.1. The molecule has 0 bridgehead atoms. The zero-order valence-electron chi connectivity index (χ0n) is 13.7. The van der Waals surface area contributed by atoms with Crippen molar-refractivity contribution in [2.75, 3.05) is 13.6 Å². The van der Waals surface area contributed by atoms with Gasteiger partial charge in [0.1, 0.15) is 5.82 Å². The summed E-state index contributed by atoms with van der Waals surface area (Å²) in [6, 6.07) is 11.2. The van der Waals surface area contributed by atoms with Crippen LogP contribution in [0, 0.1) is 5.82 Å². The van der Waals surface area contributed by atoms with Crippen LogP contribution in [0.4, 0.5) is 17.6 Å². The Morgan fingerprint density at radius 3 is 2.08 bits per heavy atom. The van der Waals surface area contributed by atoms with E-state index in [0.717, 1.165) is 23.3 Å². The van der Waals surface area contributed by atoms with Crippen molar-refractivity contribution < 1.29 is 17.6 Å². The van der Waals surface area contributed by atoms with Gasteiger partial charge in [-0.3, -0.25) is 4.99 Å². The molecular formula is C18H19F4N3. The lowest BCUT2D eigenvalue weighted by Crippen LogP contribution is -2.37. The Morgan fingerprint density at radius 1 is 0.920 bits per heavy atom. The smallest absolute Gasteiger partial charge is 0.356 e. The van der Waals surface area contributed by atoms with Crippen LogP contribution < -0.4 is 10.6 Å². The first-order valence-electron chi connectivity index (χ1n) is 7.73. The Hall–Kier alpha value is -2.57. The maximum absolute atomic E-state index is 12.9. The lowest BCUT2D eigenvalue weighted by Gasteiger charge is -2.12. The van der Waals surface area contributed by atoms with E-state index in [1.807, 2.05) is 0 Å². The fourth-order valence-electron chi connectivity index (χ4n) is 2.19. The van der Waals surface area contributed by atoms with E-state index < -0.39 is 11.7 Å². The van der Waals surface area contributed by atoms with Crippen LogP contribution in [0.5, 0.6) is 0 Å². The van der Waals surface area contributed by atoms with Crippen molar-refractivity contribution >= 4 is 5.96 Å². The van der Waals surface area contributed by atoms with E-state index in [0.29, 0.717) is 25.5 Å². The van der Waals surface area contributed by atoms with Crippen molar-refractivity contribution in [1.29, 1.82) is 0 Å². The summed E-state index contributed by atoms with van der Waals surface area (Å²) in [5, 5.41) is 6.18. The van der Waals surface area contributed by atoms with Gasteiger partial charge >= 0.3 is 6.18 Å². The van der Waals surface area contributed by atoms with E-state index in [1.54, 1.807) is 19.2 Å². The van der Waals surface area contributed by atoms with Gasteiger partial charge in [-0.25, -0.2) is 4.39 Å². The van der Waals surface area contributed by atoms with Crippen molar-refractivity contribution in [3.8, 4) is 0 Å². The molecule has 0 saturated heterocycles. The summed E-state index contributed by atoms with van der Waals surface area (Å²) in [5.41, 5.74) is 1.06. The molecule has 25 heavy (non-hydrogen) atoms. The van der Waals surface area contributed by atoms with E-state index in [2.05, 4.69) is 15.6 Å². The normalized spacial score (nSPS) is 12.1. The summed E-state index contributed by atoms with van der Waals surface area (Å²) in [5.74, 6) is 0.277. The largest absolute Gasteiger partial charge is 0.416 e. The van der Waals surface area contributed by atoms with Gasteiger partial charge in [0.05, 0.1) is 5.56 Å². The third-order valence-electron chi connectivity index (χ3n) is 3.58. The van der Waals surface area contributed by atoms with E-state index >= 15 is 0 Å². The van der Waals surface area contributed by atoms with E-state index in [9.17, 15) is 17.6 Å². The van der Waals surface area contributed by atoms with E-state index in [1.165, 1.54) is 24.3 Å². The summed E-state index contributed by atoms with van der Waals surface area (Å²) in [4.78, 5) is 4.07. The van der Waals surface area contributed by atoms with Crippen LogP contribution in [0.3, 0.4) is 0 Å². The number of halogens is 4. The van der Waals surface area contributed by atoms with Crippen LogP contribution in [0.25, 0.3) is 0 Å². The summed E-state index contributed by atoms with van der Waals surface area (Å²) < 4.78 is 50.4. The number of rotatable bonds is 5. The molecule has 2 N–H and O–H groups in total. The molecule has 0 atom stereocenters. The predicted molar refractivity (Wildman–Crippen MR) is 89.7 cm³/mol. The van der Waals surface area contributed by atoms with Gasteiger partial charge in [-0.15, -0.1) is 0 Å². The van der Waals surface area contributed by atoms with Crippen molar-refractivity contribution in [3.63, 3.8) is 0 Å². The van der Waals surface area contributed by atoms with Crippen LogP contribution in [0.15, 0.2) is 53.5 Å². The van der Waals surface area contributed by atoms with Gasteiger partial charge in [0.15, 0.2) is 5.96 Å². The van der Waals surface area contributed by atoms with Crippen molar-refractivity contribution in [3.05, 3.63) is 71.0 Å². The first kappa shape index (κ1) is 18.8. The van der Waals surface area contributed by atoms with Crippen LogP contribution >= 0.6 is 0 Å². The molecule has 3 nitrogen and oxygen atoms in total. The van der Waals surface area contributed by atoms with Gasteiger partial charge in [0.2, 0.25) is 0 Å². The van der Waals surface area contributed by atoms with Gasteiger partial charge in [0, 0.05) is 20.1 Å². The highest BCUT2D eigenvalue weighted by Gasteiger charge is 2.29. The Kier molecular flexibility index (Phi) is 6.38. The Balaban J connectivity index is 1.78. The summed E-state index contributed by atoms with van der Waals surface area (Å²) in [6.07, 6.45) is -3.75. The topological polar surface area (TPSA) is 36.4 Å². The molecule has 2 aromatic rings. The standard InChI is InChI=1S/C18H19F4N3/c1-23-17(25-12-14-4-8-16(19)9-5-14)24-11-10-13-2-6-15(7-3-13)18(20,21)22/h2-9H,10-12H2,1H3,(H2,23,24,25). The molecule has 134 valence electrons. The highest BCUT2D eigenvalue weighted by molar-refractivity contribution is 5.79. The number of aliphatic imine (C=N–C) groups is 1. The maximum Gasteiger partial charge on any atom is 0.416 e. The van der Waals surface area contributed by atoms with Crippen molar-refractivity contribution in [1.82, 2.24) is 10.6 Å². The second-order valence-electron chi connectivity index (χ2n) is 5.42. The molecular weight excluding hydrogens is 334 g/mol. The summed E-state index contributed by atoms with van der Waals surface area (Å²) in [7, 11) is 1.62. The monoisotopic (exact) mass is 353 g/mol. The quantitative estimate of drug-likeness (QED) is 0.488. The predicted octanol–water partition coefficient (Wildman–Crippen LogP) is 3.75. The Labute approximate surface area is 143 Å². The van der Waals surface area contributed by atoms with Gasteiger partial charge in [-0.1, -0.05) is 24.3 Å². The van der Waals surface area contributed by atoms with Gasteiger partial charge in [0.25, 0.3) is 0 Å². The van der Waals surface area contributed by atoms with E-state index in [4.69, 9.17) is 0 Å². The number of hydrogen-bond acceptors (Lipinski definition) is 1. The number of guanidine groups is 1. The highest BCUT2D eigenvalue weighted by Crippen LogP contribution is 2.29. The molecule has 0 amide bonds. The third kappa shape index (κ3) is 6.10. The first-order chi connectivity index (χ1) is 11.9. The molecule has 0 aliphatic carbocycles. The zero-order chi connectivity index (χ0) is 18.3. The summed E-state index contributed by atoms with van der Waals surface area (Å²) >= 11 is 0. The van der Waals surface area contributed by atoms with Crippen LogP contribution in [0.1, 0.15) is 16.7 Å². The van der Waals surface area contributed by atoms with Gasteiger partial charge < -0.3 is 10.6 Å². The average molecular weight is 353 g/mol. The van der Waals surface area contributed by atoms with Gasteiger partial charge in [-0.05, 0) is 41.8 Å². The molecule has 0 aromatic heterocycles. The third-order valence-corrected chi connectivity index (χ3v) is 3.58. The molecule has 0 aliphatic rings. The second-order valence-corrected chi connectivity index (χ2v) is 5.42. The van der Waals surface area contributed by atoms with Crippen LogP contribution in [-0.4, -0.2) is 19.6 Å². The van der Waals surface area contributed by atoms with Crippen LogP contribution in [-0.2, 0) is 19.1 Å². The Bertz CT molecular complexity index is 692. The zero-order valence-corrected chi connectivity index (χ0v) is 13.7. The molecule has 7 heteroatoms. The number of alkyl halides is 3. The molecule has 0 spiro atoms. The molecule has 0 fully saturated rings. The fraction of sp³-hybridized carbons (Fsp3) is 0.278. The fourth-order valence-corrected chi connectivity index (χ4v) is 2.19. The molecule has 2 aromatic carbocycles. The van der Waals surface area contributed by atoms with Crippen LogP contribution in [0.2, 0.25) is 0 Å². The molecule has 2 rings (SSSR count). The average Bonchev–Trinajstić information content (AvgIpc) is 2.59. The minimum Gasteiger partial charge on any atom is -0.356 e. The highest BCUT2D eigenvalue weighted by atomic mass is 19.4. The molecule has 0 saturated carbocycles. The lowest BCUT2D eigenvalue weighted by molar-refractivity contribution is -0.137. The minimum absolute atomic E-state index is 0.289.